The van der Waals surface area contributed by atoms with E-state index in [4.69, 9.17) is 47.4 Å². The molecule has 11 atom stereocenters. The molecule has 5 heterocycles. The molecule has 0 saturated carbocycles. The van der Waals surface area contributed by atoms with E-state index in [1.54, 1.807) is 24.3 Å². The van der Waals surface area contributed by atoms with Crippen LogP contribution in [0.4, 0.5) is 0 Å². The Hall–Kier alpha value is -5.57. The summed E-state index contributed by atoms with van der Waals surface area (Å²) < 4.78 is 67.7. The minimum atomic E-state index is -0.924. The van der Waals surface area contributed by atoms with Gasteiger partial charge < -0.3 is 47.4 Å². The first kappa shape index (κ1) is 41.8. The topological polar surface area (TPSA) is 109 Å². The Bertz CT molecular complexity index is 2570. The molecule has 0 radical (unpaired) electrons. The SMILES string of the molecule is O=C(O[C@H]1[C@H]2OC[C@H](O2)[C@@H](OC2c3ccccc3C3(CO[C@@H]4[C@@H](OCc5ccccc5)[C@@H]5O[C@H](c6ccccc6)OC[C@H]5O[C@H]43)c3ccccc32)[C@@H]1OCc1ccccc1)c1ccccc1. The lowest BCUT2D eigenvalue weighted by Gasteiger charge is -2.52. The van der Waals surface area contributed by atoms with Crippen molar-refractivity contribution in [1.82, 2.24) is 0 Å². The van der Waals surface area contributed by atoms with Crippen LogP contribution >= 0.6 is 0 Å². The summed E-state index contributed by atoms with van der Waals surface area (Å²) in [7, 11) is 0. The van der Waals surface area contributed by atoms with Crippen LogP contribution in [0.15, 0.2) is 170 Å². The van der Waals surface area contributed by atoms with E-state index in [9.17, 15) is 4.79 Å². The summed E-state index contributed by atoms with van der Waals surface area (Å²) >= 11 is 0. The highest BCUT2D eigenvalue weighted by molar-refractivity contribution is 5.89. The van der Waals surface area contributed by atoms with E-state index in [1.165, 1.54) is 0 Å². The molecule has 336 valence electrons. The third-order valence-electron chi connectivity index (χ3n) is 14.0. The van der Waals surface area contributed by atoms with E-state index in [-0.39, 0.29) is 13.2 Å². The second kappa shape index (κ2) is 17.9. The summed E-state index contributed by atoms with van der Waals surface area (Å²) in [5.74, 6) is -0.499. The molecule has 0 aromatic heterocycles. The molecule has 6 aromatic rings. The summed E-state index contributed by atoms with van der Waals surface area (Å²) in [5, 5.41) is 0. The van der Waals surface area contributed by atoms with Crippen molar-refractivity contribution in [3.63, 3.8) is 0 Å². The fourth-order valence-electron chi connectivity index (χ4n) is 10.9. The van der Waals surface area contributed by atoms with Crippen LogP contribution in [-0.4, -0.2) is 87.0 Å². The fraction of sp³-hybridized carbons (Fsp3) is 0.327. The van der Waals surface area contributed by atoms with Crippen molar-refractivity contribution in [3.8, 4) is 0 Å². The maximum Gasteiger partial charge on any atom is 0.338 e. The summed E-state index contributed by atoms with van der Waals surface area (Å²) in [6.07, 6.45) is -7.20. The van der Waals surface area contributed by atoms with Crippen LogP contribution in [0.5, 0.6) is 0 Å². The van der Waals surface area contributed by atoms with Gasteiger partial charge in [-0.3, -0.25) is 0 Å². The molecule has 11 nitrogen and oxygen atoms in total. The second-order valence-electron chi connectivity index (χ2n) is 17.8. The van der Waals surface area contributed by atoms with Gasteiger partial charge in [-0.1, -0.05) is 158 Å². The minimum Gasteiger partial charge on any atom is -0.450 e. The molecule has 0 N–H and O–H groups in total. The van der Waals surface area contributed by atoms with Crippen LogP contribution in [-0.2, 0) is 66.0 Å². The first-order valence-electron chi connectivity index (χ1n) is 22.9. The second-order valence-corrected chi connectivity index (χ2v) is 17.8. The first-order chi connectivity index (χ1) is 32.6. The first-order valence-corrected chi connectivity index (χ1v) is 22.9. The number of hydrogen-bond donors (Lipinski definition) is 0. The van der Waals surface area contributed by atoms with E-state index in [0.717, 1.165) is 38.9 Å². The summed E-state index contributed by atoms with van der Waals surface area (Å²) in [6.45, 7) is 1.53. The predicted molar refractivity (Wildman–Crippen MR) is 239 cm³/mol. The van der Waals surface area contributed by atoms with Gasteiger partial charge in [-0.05, 0) is 45.5 Å². The number of rotatable bonds is 11. The molecule has 1 spiro atoms. The van der Waals surface area contributed by atoms with Gasteiger partial charge in [0, 0.05) is 5.56 Å². The lowest BCUT2D eigenvalue weighted by Crippen LogP contribution is -2.64. The Labute approximate surface area is 383 Å². The van der Waals surface area contributed by atoms with Crippen molar-refractivity contribution in [2.75, 3.05) is 19.8 Å². The van der Waals surface area contributed by atoms with Crippen LogP contribution < -0.4 is 0 Å². The van der Waals surface area contributed by atoms with E-state index in [1.807, 2.05) is 97.1 Å². The molecule has 66 heavy (non-hydrogen) atoms. The van der Waals surface area contributed by atoms with Crippen molar-refractivity contribution in [3.05, 3.63) is 214 Å². The molecule has 1 aliphatic carbocycles. The average Bonchev–Trinajstić information content (AvgIpc) is 3.99. The van der Waals surface area contributed by atoms with Crippen molar-refractivity contribution in [2.45, 2.75) is 92.2 Å². The number of esters is 1. The molecule has 5 saturated heterocycles. The highest BCUT2D eigenvalue weighted by atomic mass is 16.8. The van der Waals surface area contributed by atoms with Gasteiger partial charge in [0.1, 0.15) is 54.9 Å². The molecule has 6 aliphatic rings. The molecule has 0 unspecified atom stereocenters. The number of fused-ring (bicyclic) bond motifs is 9. The van der Waals surface area contributed by atoms with Gasteiger partial charge >= 0.3 is 5.97 Å². The number of ether oxygens (including phenoxy) is 10. The standard InChI is InChI=1S/C55H50O11/c56-52(36-21-9-3-10-22-36)65-50-48(58-30-35-19-7-2-8-20-35)45(43-32-60-54(50)63-43)64-44-38-25-13-15-27-40(38)55(41-28-16-14-26-39(41)44)33-61-49-47(57-29-34-17-5-1-6-18-34)46-42(62-51(49)55)31-59-53(66-46)37-23-11-4-12-24-37/h1-28,42-51,53-54H,29-33H2/t42-,43+,44?,45-,46-,47+,48+,49-,50-,51-,53-,54+,55?/m1/s1. The van der Waals surface area contributed by atoms with Gasteiger partial charge in [0.2, 0.25) is 0 Å². The van der Waals surface area contributed by atoms with Crippen molar-refractivity contribution >= 4 is 5.97 Å². The van der Waals surface area contributed by atoms with E-state index in [2.05, 4.69) is 48.5 Å². The van der Waals surface area contributed by atoms with Gasteiger partial charge in [0.05, 0.1) is 44.0 Å². The molecular formula is C55H50O11. The molecule has 6 aromatic carbocycles. The molecule has 2 bridgehead atoms. The van der Waals surface area contributed by atoms with Crippen LogP contribution in [0.3, 0.4) is 0 Å². The molecule has 5 aliphatic heterocycles. The van der Waals surface area contributed by atoms with Crippen molar-refractivity contribution in [1.29, 1.82) is 0 Å². The van der Waals surface area contributed by atoms with Crippen molar-refractivity contribution < 1.29 is 52.2 Å². The predicted octanol–water partition coefficient (Wildman–Crippen LogP) is 8.19. The normalized spacial score (nSPS) is 32.7. The number of benzene rings is 6. The number of hydrogen-bond acceptors (Lipinski definition) is 11. The zero-order valence-corrected chi connectivity index (χ0v) is 36.1. The van der Waals surface area contributed by atoms with E-state index in [0.29, 0.717) is 25.4 Å². The Kier molecular flexibility index (Phi) is 11.4. The molecule has 0 amide bonds. The van der Waals surface area contributed by atoms with Gasteiger partial charge in [0.25, 0.3) is 0 Å². The maximum atomic E-state index is 13.7. The lowest BCUT2D eigenvalue weighted by atomic mass is 9.62. The van der Waals surface area contributed by atoms with E-state index < -0.39 is 85.0 Å². The Morgan fingerprint density at radius 1 is 0.530 bits per heavy atom. The highest BCUT2D eigenvalue weighted by Crippen LogP contribution is 2.57. The minimum absolute atomic E-state index is 0.244. The largest absolute Gasteiger partial charge is 0.450 e. The van der Waals surface area contributed by atoms with Crippen LogP contribution in [0.1, 0.15) is 61.7 Å². The highest BCUT2D eigenvalue weighted by Gasteiger charge is 2.65. The van der Waals surface area contributed by atoms with Crippen molar-refractivity contribution in [2.24, 2.45) is 0 Å². The number of carbonyl (C=O) groups excluding carboxylic acids is 1. The third-order valence-corrected chi connectivity index (χ3v) is 14.0. The molecule has 5 fully saturated rings. The van der Waals surface area contributed by atoms with Gasteiger partial charge in [-0.25, -0.2) is 4.79 Å². The summed E-state index contributed by atoms with van der Waals surface area (Å²) in [5.41, 5.74) is 6.62. The molecule has 11 heteroatoms. The lowest BCUT2D eigenvalue weighted by molar-refractivity contribution is -0.331. The molecule has 12 rings (SSSR count). The monoisotopic (exact) mass is 886 g/mol. The van der Waals surface area contributed by atoms with Crippen LogP contribution in [0, 0.1) is 0 Å². The fourth-order valence-corrected chi connectivity index (χ4v) is 10.9. The Balaban J connectivity index is 0.899. The zero-order valence-electron chi connectivity index (χ0n) is 36.1. The van der Waals surface area contributed by atoms with Gasteiger partial charge in [-0.15, -0.1) is 0 Å². The third kappa shape index (κ3) is 7.49. The summed E-state index contributed by atoms with van der Waals surface area (Å²) in [4.78, 5) is 13.7. The van der Waals surface area contributed by atoms with E-state index >= 15 is 0 Å². The zero-order chi connectivity index (χ0) is 44.0. The Morgan fingerprint density at radius 2 is 1.11 bits per heavy atom. The van der Waals surface area contributed by atoms with Crippen LogP contribution in [0.25, 0.3) is 0 Å². The van der Waals surface area contributed by atoms with Gasteiger partial charge in [-0.2, -0.15) is 0 Å². The quantitative estimate of drug-likeness (QED) is 0.118. The average molecular weight is 887 g/mol. The smallest absolute Gasteiger partial charge is 0.338 e. The maximum absolute atomic E-state index is 13.7. The molecular weight excluding hydrogens is 837 g/mol. The van der Waals surface area contributed by atoms with Gasteiger partial charge in [0.15, 0.2) is 18.7 Å². The van der Waals surface area contributed by atoms with Crippen LogP contribution in [0.2, 0.25) is 0 Å². The Morgan fingerprint density at radius 3 is 1.77 bits per heavy atom. The summed E-state index contributed by atoms with van der Waals surface area (Å²) in [6, 6.07) is 55.8. The number of carbonyl (C=O) groups is 1.